The molecule has 268 valence electrons. The molecule has 4 atom stereocenters. The van der Waals surface area contributed by atoms with Crippen LogP contribution in [0.1, 0.15) is 194 Å². The Morgan fingerprint density at radius 2 is 1.07 bits per heavy atom. The Hall–Kier alpha value is -0.300. The van der Waals surface area contributed by atoms with Crippen LogP contribution in [0, 0.1) is 0 Å². The molecule has 1 fully saturated rings. The molecule has 2 N–H and O–H groups in total. The summed E-state index contributed by atoms with van der Waals surface area (Å²) in [4.78, 5) is 15.4. The van der Waals surface area contributed by atoms with Gasteiger partial charge in [-0.15, -0.1) is 0 Å². The van der Waals surface area contributed by atoms with E-state index in [9.17, 15) is 15.0 Å². The first-order chi connectivity index (χ1) is 22.0. The van der Waals surface area contributed by atoms with E-state index in [1.165, 1.54) is 135 Å². The van der Waals surface area contributed by atoms with Crippen LogP contribution in [0.4, 0.5) is 0 Å². The Bertz CT molecular complexity index is 649. The largest absolute Gasteiger partial charge is 0.460 e. The smallest absolute Gasteiger partial charge is 0.324 e. The molecule has 1 saturated heterocycles. The van der Waals surface area contributed by atoms with E-state index in [-0.39, 0.29) is 24.2 Å². The lowest BCUT2D eigenvalue weighted by molar-refractivity contribution is -0.166. The number of rotatable bonds is 33. The molecule has 0 bridgehead atoms. The van der Waals surface area contributed by atoms with Gasteiger partial charge in [-0.05, 0) is 25.7 Å². The lowest BCUT2D eigenvalue weighted by Crippen LogP contribution is -2.55. The number of morpholine rings is 1. The van der Waals surface area contributed by atoms with Gasteiger partial charge < -0.3 is 14.9 Å². The molecule has 0 saturated carbocycles. The summed E-state index contributed by atoms with van der Waals surface area (Å²) in [6, 6.07) is -0.326. The van der Waals surface area contributed by atoms with E-state index in [0.717, 1.165) is 45.1 Å². The molecule has 1 rings (SSSR count). The van der Waals surface area contributed by atoms with Gasteiger partial charge in [-0.1, -0.05) is 168 Å². The second-order valence-corrected chi connectivity index (χ2v) is 15.2. The number of nitrogens with zero attached hydrogens (tertiary/aromatic N) is 1. The van der Waals surface area contributed by atoms with Gasteiger partial charge in [0.15, 0.2) is 0 Å². The van der Waals surface area contributed by atoms with E-state index in [0.29, 0.717) is 18.1 Å². The fourth-order valence-electron chi connectivity index (χ4n) is 6.64. The van der Waals surface area contributed by atoms with Crippen LogP contribution in [0.15, 0.2) is 0 Å². The molecule has 4 unspecified atom stereocenters. The number of cyclic esters (lactones) is 1. The number of hydrogen-bond donors (Lipinski definition) is 2. The second kappa shape index (κ2) is 31.0. The zero-order valence-electron chi connectivity index (χ0n) is 30.3. The van der Waals surface area contributed by atoms with E-state index < -0.39 is 6.10 Å². The van der Waals surface area contributed by atoms with Crippen molar-refractivity contribution in [2.75, 3.05) is 24.6 Å². The van der Waals surface area contributed by atoms with Crippen molar-refractivity contribution in [2.24, 2.45) is 0 Å². The van der Waals surface area contributed by atoms with Crippen LogP contribution in [-0.2, 0) is 9.53 Å². The van der Waals surface area contributed by atoms with Crippen molar-refractivity contribution >= 4 is 17.7 Å². The molecule has 1 heterocycles. The summed E-state index contributed by atoms with van der Waals surface area (Å²) >= 11 is 1.67. The molecular weight excluding hydrogens is 578 g/mol. The highest BCUT2D eigenvalue weighted by Crippen LogP contribution is 2.24. The standard InChI is InChI=1S/C39H77NO4S/c1-4-7-10-13-16-19-22-25-28-35(41)31-40-32-37(30-27-24-21-18-15-12-9-6-3)44-39(43)38(40)34-45-33-36(42)29-26-23-20-17-14-11-8-5-2/h35-38,41-42H,4-34H2,1-3H3. The maximum atomic E-state index is 13.2. The van der Waals surface area contributed by atoms with Gasteiger partial charge in [0.05, 0.1) is 12.2 Å². The van der Waals surface area contributed by atoms with Crippen molar-refractivity contribution in [3.05, 3.63) is 0 Å². The third kappa shape index (κ3) is 24.5. The third-order valence-corrected chi connectivity index (χ3v) is 10.8. The quantitative estimate of drug-likeness (QED) is 0.0542. The fourth-order valence-corrected chi connectivity index (χ4v) is 7.78. The molecule has 0 aromatic heterocycles. The molecular formula is C39H77NO4S. The molecule has 0 aliphatic carbocycles. The molecule has 0 aromatic carbocycles. The summed E-state index contributed by atoms with van der Waals surface area (Å²) < 4.78 is 5.97. The monoisotopic (exact) mass is 656 g/mol. The first-order valence-corrected chi connectivity index (χ1v) is 21.1. The number of aliphatic hydroxyl groups excluding tert-OH is 2. The first-order valence-electron chi connectivity index (χ1n) is 19.9. The predicted octanol–water partition coefficient (Wildman–Crippen LogP) is 10.6. The summed E-state index contributed by atoms with van der Waals surface area (Å²) in [6.07, 6.45) is 32.3. The van der Waals surface area contributed by atoms with E-state index in [1.807, 2.05) is 0 Å². The normalized spacial score (nSPS) is 18.7. The van der Waals surface area contributed by atoms with Crippen LogP contribution in [0.2, 0.25) is 0 Å². The zero-order chi connectivity index (χ0) is 32.8. The number of hydrogen-bond acceptors (Lipinski definition) is 6. The Labute approximate surface area is 284 Å². The molecule has 0 spiro atoms. The molecule has 6 heteroatoms. The summed E-state index contributed by atoms with van der Waals surface area (Å²) in [5.41, 5.74) is 0. The average Bonchev–Trinajstić information content (AvgIpc) is 3.02. The number of thioether (sulfide) groups is 1. The molecule has 5 nitrogen and oxygen atoms in total. The highest BCUT2D eigenvalue weighted by atomic mass is 32.2. The molecule has 45 heavy (non-hydrogen) atoms. The Morgan fingerprint density at radius 1 is 0.644 bits per heavy atom. The number of esters is 1. The van der Waals surface area contributed by atoms with E-state index in [4.69, 9.17) is 4.74 Å². The number of carbonyl (C=O) groups is 1. The number of aliphatic hydroxyl groups is 2. The topological polar surface area (TPSA) is 70.0 Å². The maximum Gasteiger partial charge on any atom is 0.324 e. The van der Waals surface area contributed by atoms with Crippen molar-refractivity contribution in [3.8, 4) is 0 Å². The lowest BCUT2D eigenvalue weighted by Gasteiger charge is -2.39. The van der Waals surface area contributed by atoms with Gasteiger partial charge in [0.2, 0.25) is 0 Å². The Morgan fingerprint density at radius 3 is 1.56 bits per heavy atom. The minimum atomic E-state index is -0.403. The SMILES string of the molecule is CCCCCCCCCCC(O)CSCC1C(=O)OC(CCCCCCCCCC)CN1CC(O)CCCCCCCCCC. The number of unbranched alkanes of at least 4 members (excludes halogenated alkanes) is 21. The van der Waals surface area contributed by atoms with Crippen LogP contribution in [0.5, 0.6) is 0 Å². The van der Waals surface area contributed by atoms with Crippen molar-refractivity contribution in [1.82, 2.24) is 4.90 Å². The molecule has 1 aliphatic heterocycles. The van der Waals surface area contributed by atoms with Crippen molar-refractivity contribution in [2.45, 2.75) is 218 Å². The predicted molar refractivity (Wildman–Crippen MR) is 196 cm³/mol. The number of β-amino-alcohol motifs (C(OH)–C–C–N with tert-alkyl or cyclic N) is 1. The third-order valence-electron chi connectivity index (χ3n) is 9.63. The maximum absolute atomic E-state index is 13.2. The Balaban J connectivity index is 2.45. The average molecular weight is 656 g/mol. The van der Waals surface area contributed by atoms with Crippen LogP contribution in [0.3, 0.4) is 0 Å². The summed E-state index contributed by atoms with van der Waals surface area (Å²) in [5, 5.41) is 21.6. The molecule has 1 aliphatic rings. The van der Waals surface area contributed by atoms with Crippen molar-refractivity contribution in [1.29, 1.82) is 0 Å². The van der Waals surface area contributed by atoms with E-state index in [2.05, 4.69) is 25.7 Å². The fraction of sp³-hybridized carbons (Fsp3) is 0.974. The summed E-state index contributed by atoms with van der Waals surface area (Å²) in [6.45, 7) is 8.04. The molecule has 0 radical (unpaired) electrons. The minimum absolute atomic E-state index is 0.0678. The summed E-state index contributed by atoms with van der Waals surface area (Å²) in [5.74, 6) is 1.16. The van der Waals surface area contributed by atoms with Crippen molar-refractivity contribution in [3.63, 3.8) is 0 Å². The highest BCUT2D eigenvalue weighted by molar-refractivity contribution is 7.99. The van der Waals surface area contributed by atoms with Crippen LogP contribution in [0.25, 0.3) is 0 Å². The van der Waals surface area contributed by atoms with Gasteiger partial charge >= 0.3 is 5.97 Å². The van der Waals surface area contributed by atoms with Crippen LogP contribution >= 0.6 is 11.8 Å². The van der Waals surface area contributed by atoms with Crippen molar-refractivity contribution < 1.29 is 19.7 Å². The van der Waals surface area contributed by atoms with Gasteiger partial charge in [-0.2, -0.15) is 11.8 Å². The molecule has 0 aromatic rings. The van der Waals surface area contributed by atoms with Gasteiger partial charge in [0.1, 0.15) is 12.1 Å². The van der Waals surface area contributed by atoms with Gasteiger partial charge in [-0.25, -0.2) is 0 Å². The van der Waals surface area contributed by atoms with Crippen LogP contribution < -0.4 is 0 Å². The van der Waals surface area contributed by atoms with E-state index >= 15 is 0 Å². The lowest BCUT2D eigenvalue weighted by atomic mass is 10.0. The number of ether oxygens (including phenoxy) is 1. The summed E-state index contributed by atoms with van der Waals surface area (Å²) in [7, 11) is 0. The first kappa shape index (κ1) is 42.7. The van der Waals surface area contributed by atoms with Crippen LogP contribution in [-0.4, -0.2) is 70.0 Å². The Kier molecular flexibility index (Phi) is 29.4. The van der Waals surface area contributed by atoms with Gasteiger partial charge in [-0.3, -0.25) is 9.69 Å². The minimum Gasteiger partial charge on any atom is -0.460 e. The second-order valence-electron chi connectivity index (χ2n) is 14.2. The van der Waals surface area contributed by atoms with Gasteiger partial charge in [0.25, 0.3) is 0 Å². The highest BCUT2D eigenvalue weighted by Gasteiger charge is 2.37. The number of carbonyl (C=O) groups excluding carboxylic acids is 1. The molecule has 0 amide bonds. The zero-order valence-corrected chi connectivity index (χ0v) is 31.1. The van der Waals surface area contributed by atoms with Gasteiger partial charge in [0, 0.05) is 24.6 Å². The van der Waals surface area contributed by atoms with E-state index in [1.54, 1.807) is 11.8 Å².